The second-order valence-corrected chi connectivity index (χ2v) is 22.4. The van der Waals surface area contributed by atoms with Crippen LogP contribution in [0.25, 0.3) is 0 Å². The highest BCUT2D eigenvalue weighted by Crippen LogP contribution is 2.37. The number of aliphatic hydroxyl groups is 6. The van der Waals surface area contributed by atoms with Crippen molar-refractivity contribution in [3.8, 4) is 0 Å². The Morgan fingerprint density at radius 1 is 0.351 bits per heavy atom. The zero-order chi connectivity index (χ0) is 56.0. The number of hydrogen-bond donors (Lipinski definition) is 14. The molecule has 0 aromatic rings. The fraction of sp³-hybridized carbons (Fsp3) is 1.00. The van der Waals surface area contributed by atoms with Crippen LogP contribution in [-0.2, 0) is 116 Å². The maximum atomic E-state index is 12.3. The summed E-state index contributed by atoms with van der Waals surface area (Å²) in [5.41, 5.74) is 18.2. The first kappa shape index (κ1) is 63.5. The molecule has 0 spiro atoms. The third-order valence-corrected chi connectivity index (χ3v) is 14.0. The SMILES string of the molecule is CC1O[C@@H](O[C@@H]2C(COS(=O)(=O)O)O[C@@H](O[C@@H]3C(C)O[C@@H](O[C@@H]4C(COS(=O)(=O)O)O[C@H](C)C(N)[C@H]4O)C(OS(=O)(=O)O)[C@@H]3O)C(N)[C@H]2OS(=O)(=O)O)C(O)[C@@H](O)[C@@H]1O[C@@H]1OC(COS(=O)(=O)O)[C@@H](O)[C@H](O)C1N. The van der Waals surface area contributed by atoms with Gasteiger partial charge in [-0.25, -0.2) is 20.9 Å². The molecule has 0 aliphatic carbocycles. The summed E-state index contributed by atoms with van der Waals surface area (Å²) in [5, 5.41) is 65.9. The minimum absolute atomic E-state index is 1.05. The first-order chi connectivity index (χ1) is 33.8. The summed E-state index contributed by atoms with van der Waals surface area (Å²) < 4.78 is 238. The van der Waals surface area contributed by atoms with Crippen molar-refractivity contribution in [1.29, 1.82) is 0 Å². The average molecular weight is 1190 g/mol. The maximum Gasteiger partial charge on any atom is 0.397 e. The lowest BCUT2D eigenvalue weighted by molar-refractivity contribution is -0.372. The first-order valence-corrected chi connectivity index (χ1v) is 28.0. The van der Waals surface area contributed by atoms with E-state index in [1.165, 1.54) is 6.92 Å². The van der Waals surface area contributed by atoms with Crippen molar-refractivity contribution >= 4 is 52.0 Å². The fourth-order valence-corrected chi connectivity index (χ4v) is 10.1. The van der Waals surface area contributed by atoms with E-state index >= 15 is 0 Å². The predicted octanol–water partition coefficient (Wildman–Crippen LogP) is -9.76. The molecule has 25 atom stereocenters. The van der Waals surface area contributed by atoms with Gasteiger partial charge in [0.15, 0.2) is 31.3 Å². The highest BCUT2D eigenvalue weighted by atomic mass is 32.3. The average Bonchev–Trinajstić information content (AvgIpc) is 3.25. The molecule has 5 saturated heterocycles. The van der Waals surface area contributed by atoms with E-state index in [-0.39, 0.29) is 0 Å². The van der Waals surface area contributed by atoms with Crippen molar-refractivity contribution in [3.63, 3.8) is 0 Å². The molecule has 5 aliphatic rings. The molecule has 10 unspecified atom stereocenters. The van der Waals surface area contributed by atoms with Gasteiger partial charge in [0.1, 0.15) is 85.5 Å². The zero-order valence-corrected chi connectivity index (χ0v) is 42.1. The quantitative estimate of drug-likeness (QED) is 0.0475. The van der Waals surface area contributed by atoms with Gasteiger partial charge in [-0.2, -0.15) is 42.1 Å². The molecule has 0 aromatic heterocycles. The molecule has 17 N–H and O–H groups in total. The Hall–Kier alpha value is -1.37. The molecule has 5 fully saturated rings. The van der Waals surface area contributed by atoms with Crippen molar-refractivity contribution < 1.29 is 159 Å². The van der Waals surface area contributed by atoms with Gasteiger partial charge in [-0.3, -0.25) is 22.8 Å². The van der Waals surface area contributed by atoms with Crippen LogP contribution in [0.4, 0.5) is 0 Å². The summed E-state index contributed by atoms with van der Waals surface area (Å²) in [7, 11) is -27.1. The van der Waals surface area contributed by atoms with Gasteiger partial charge in [-0.15, -0.1) is 0 Å². The maximum absolute atomic E-state index is 12.3. The zero-order valence-electron chi connectivity index (χ0n) is 38.0. The van der Waals surface area contributed by atoms with Gasteiger partial charge in [0, 0.05) is 0 Å². The molecule has 38 nitrogen and oxygen atoms in total. The summed E-state index contributed by atoms with van der Waals surface area (Å²) in [4.78, 5) is 0. The van der Waals surface area contributed by atoms with E-state index in [2.05, 4.69) is 16.7 Å². The van der Waals surface area contributed by atoms with Crippen molar-refractivity contribution in [2.75, 3.05) is 19.8 Å². The molecule has 5 heterocycles. The summed E-state index contributed by atoms with van der Waals surface area (Å²) in [5.74, 6) is 0. The molecule has 0 aromatic carbocycles. The van der Waals surface area contributed by atoms with Crippen molar-refractivity contribution in [2.45, 2.75) is 174 Å². The molecule has 74 heavy (non-hydrogen) atoms. The van der Waals surface area contributed by atoms with Crippen molar-refractivity contribution in [1.82, 2.24) is 0 Å². The standard InChI is InChI=1S/C31H57N3O35S5/c1-7-13(32)18(37)24(11(59-7)5-57-71(44,45)46)66-31-27(69-74(53,54)55)21(40)23(9(3)61-31)65-29-15(34)26(68-73(50,51)52)25(12(63-29)6-58-72(47,48)49)67-30-20(39)19(38)22(8(2)60-30)64-28-14(33)17(36)16(35)10(62-28)4-56-70(41,42)43/h7-31,35-40H,4-6,32-34H2,1-3H3,(H,41,42,43)(H,44,45,46)(H,47,48,49)(H,50,51,52)(H,53,54,55)/t7-,8?,9?,10?,11?,12?,13?,14?,15?,16-,17-,18-,19-,20?,21-,22-,23-,24-,25-,26-,27?,28+,29+,30+,31+/m1/s1. The van der Waals surface area contributed by atoms with E-state index in [0.717, 1.165) is 13.8 Å². The minimum atomic E-state index is -5.72. The van der Waals surface area contributed by atoms with Crippen LogP contribution < -0.4 is 17.2 Å². The second-order valence-electron chi connectivity index (χ2n) is 17.1. The molecule has 0 bridgehead atoms. The van der Waals surface area contributed by atoms with Crippen LogP contribution in [0.2, 0.25) is 0 Å². The Morgan fingerprint density at radius 3 is 1.26 bits per heavy atom. The van der Waals surface area contributed by atoms with Gasteiger partial charge >= 0.3 is 52.0 Å². The number of hydrogen-bond acceptors (Lipinski definition) is 33. The predicted molar refractivity (Wildman–Crippen MR) is 225 cm³/mol. The van der Waals surface area contributed by atoms with Crippen LogP contribution >= 0.6 is 0 Å². The number of nitrogens with two attached hydrogens (primary N) is 3. The summed E-state index contributed by atoms with van der Waals surface area (Å²) in [6, 6.07) is -5.18. The monoisotopic (exact) mass is 1190 g/mol. The van der Waals surface area contributed by atoms with E-state index in [1.807, 2.05) is 0 Å². The van der Waals surface area contributed by atoms with Gasteiger partial charge in [0.25, 0.3) is 0 Å². The lowest BCUT2D eigenvalue weighted by Gasteiger charge is -2.50. The molecule has 5 aliphatic heterocycles. The summed E-state index contributed by atoms with van der Waals surface area (Å²) in [6.45, 7) is -0.0372. The molecule has 0 saturated carbocycles. The fourth-order valence-electron chi connectivity index (χ4n) is 8.20. The lowest BCUT2D eigenvalue weighted by Crippen LogP contribution is -2.69. The van der Waals surface area contributed by atoms with E-state index in [1.54, 1.807) is 0 Å². The highest BCUT2D eigenvalue weighted by Gasteiger charge is 2.57. The van der Waals surface area contributed by atoms with Crippen molar-refractivity contribution in [2.24, 2.45) is 17.2 Å². The normalized spacial score (nSPS) is 44.3. The second kappa shape index (κ2) is 24.6. The molecular formula is C31H57N3O35S5. The minimum Gasteiger partial charge on any atom is -0.389 e. The van der Waals surface area contributed by atoms with Gasteiger partial charge in [0.2, 0.25) is 0 Å². The topological polar surface area (TPSA) is 601 Å². The Labute approximate surface area is 420 Å². The number of aliphatic hydroxyl groups excluding tert-OH is 6. The summed E-state index contributed by atoms with van der Waals surface area (Å²) >= 11 is 0. The van der Waals surface area contributed by atoms with E-state index in [4.69, 9.17) is 73.1 Å². The van der Waals surface area contributed by atoms with E-state index < -0.39 is 225 Å². The first-order valence-electron chi connectivity index (χ1n) is 21.2. The molecular weight excluding hydrogens is 1130 g/mol. The van der Waals surface area contributed by atoms with Gasteiger partial charge in [-0.05, 0) is 20.8 Å². The smallest absolute Gasteiger partial charge is 0.389 e. The Bertz CT molecular complexity index is 2450. The third kappa shape index (κ3) is 16.8. The third-order valence-electron chi connectivity index (χ3n) is 11.8. The molecule has 5 rings (SSSR count). The Morgan fingerprint density at radius 2 is 0.757 bits per heavy atom. The van der Waals surface area contributed by atoms with E-state index in [0.29, 0.717) is 0 Å². The van der Waals surface area contributed by atoms with Gasteiger partial charge < -0.3 is 90.5 Å². The number of rotatable bonds is 21. The van der Waals surface area contributed by atoms with Crippen LogP contribution in [0, 0.1) is 0 Å². The lowest BCUT2D eigenvalue weighted by atomic mass is 9.93. The van der Waals surface area contributed by atoms with Gasteiger partial charge in [-0.1, -0.05) is 0 Å². The Kier molecular flexibility index (Phi) is 21.1. The number of ether oxygens (including phenoxy) is 9. The van der Waals surface area contributed by atoms with Crippen LogP contribution in [0.5, 0.6) is 0 Å². The molecule has 0 radical (unpaired) electrons. The molecule has 436 valence electrons. The van der Waals surface area contributed by atoms with Gasteiger partial charge in [0.05, 0.1) is 56.3 Å². The van der Waals surface area contributed by atoms with Crippen LogP contribution in [0.15, 0.2) is 0 Å². The largest absolute Gasteiger partial charge is 0.397 e. The van der Waals surface area contributed by atoms with E-state index in [9.17, 15) is 86.4 Å². The molecule has 43 heteroatoms. The van der Waals surface area contributed by atoms with Crippen molar-refractivity contribution in [3.05, 3.63) is 0 Å². The van der Waals surface area contributed by atoms with Crippen LogP contribution in [0.3, 0.4) is 0 Å². The van der Waals surface area contributed by atoms with Crippen LogP contribution in [0.1, 0.15) is 20.8 Å². The van der Waals surface area contributed by atoms with Crippen LogP contribution in [-0.4, -0.2) is 268 Å². The summed E-state index contributed by atoms with van der Waals surface area (Å²) in [6.07, 6.45) is -44.1. The molecule has 0 amide bonds. The Balaban J connectivity index is 1.40. The highest BCUT2D eigenvalue weighted by molar-refractivity contribution is 7.81.